The first-order valence-corrected chi connectivity index (χ1v) is 6.85. The Kier molecular flexibility index (Phi) is 5.92. The molecule has 1 rings (SSSR count). The summed E-state index contributed by atoms with van der Waals surface area (Å²) < 4.78 is 0. The third-order valence-corrected chi connectivity index (χ3v) is 3.92. The highest BCUT2D eigenvalue weighted by atomic mass is 16.1. The van der Waals surface area contributed by atoms with Crippen molar-refractivity contribution in [3.63, 3.8) is 0 Å². The predicted octanol–water partition coefficient (Wildman–Crippen LogP) is 0.960. The molecule has 4 nitrogen and oxygen atoms in total. The topological polar surface area (TPSA) is 58.4 Å². The summed E-state index contributed by atoms with van der Waals surface area (Å²) in [4.78, 5) is 13.8. The van der Waals surface area contributed by atoms with Gasteiger partial charge in [-0.2, -0.15) is 0 Å². The number of nitrogens with zero attached hydrogens (tertiary/aromatic N) is 1. The maximum atomic E-state index is 11.5. The van der Waals surface area contributed by atoms with Crippen LogP contribution in [0.15, 0.2) is 0 Å². The van der Waals surface area contributed by atoms with Gasteiger partial charge in [-0.25, -0.2) is 0 Å². The van der Waals surface area contributed by atoms with Crippen molar-refractivity contribution in [2.75, 3.05) is 19.6 Å². The second-order valence-corrected chi connectivity index (χ2v) is 5.17. The molecule has 0 bridgehead atoms. The molecular weight excluding hydrogens is 214 g/mol. The van der Waals surface area contributed by atoms with Crippen molar-refractivity contribution in [1.29, 1.82) is 0 Å². The van der Waals surface area contributed by atoms with Crippen molar-refractivity contribution in [3.8, 4) is 0 Å². The summed E-state index contributed by atoms with van der Waals surface area (Å²) in [5.74, 6) is 0.517. The average molecular weight is 241 g/mol. The van der Waals surface area contributed by atoms with Crippen LogP contribution in [0.3, 0.4) is 0 Å². The number of hydrogen-bond donors (Lipinski definition) is 2. The van der Waals surface area contributed by atoms with E-state index < -0.39 is 0 Å². The van der Waals surface area contributed by atoms with Crippen LogP contribution in [0.4, 0.5) is 0 Å². The van der Waals surface area contributed by atoms with Crippen LogP contribution in [0.25, 0.3) is 0 Å². The molecule has 1 aliphatic rings. The minimum Gasteiger partial charge on any atom is -0.368 e. The van der Waals surface area contributed by atoms with E-state index in [4.69, 9.17) is 5.73 Å². The molecule has 4 heteroatoms. The van der Waals surface area contributed by atoms with Crippen molar-refractivity contribution in [1.82, 2.24) is 10.2 Å². The molecule has 0 aromatic rings. The van der Waals surface area contributed by atoms with Gasteiger partial charge in [0.05, 0.1) is 0 Å². The zero-order valence-electron chi connectivity index (χ0n) is 11.4. The maximum Gasteiger partial charge on any atom is 0.236 e. The van der Waals surface area contributed by atoms with Crippen LogP contribution in [0.1, 0.15) is 40.0 Å². The summed E-state index contributed by atoms with van der Waals surface area (Å²) in [6.07, 6.45) is 3.45. The molecule has 1 fully saturated rings. The number of nitrogens with one attached hydrogen (secondary N) is 1. The van der Waals surface area contributed by atoms with Gasteiger partial charge in [-0.05, 0) is 18.8 Å². The Hall–Kier alpha value is -0.610. The highest BCUT2D eigenvalue weighted by Gasteiger charge is 2.31. The second kappa shape index (κ2) is 6.97. The van der Waals surface area contributed by atoms with Crippen molar-refractivity contribution >= 4 is 5.91 Å². The largest absolute Gasteiger partial charge is 0.368 e. The number of amides is 1. The van der Waals surface area contributed by atoms with Gasteiger partial charge >= 0.3 is 0 Å². The van der Waals surface area contributed by atoms with Crippen molar-refractivity contribution in [2.24, 2.45) is 11.7 Å². The number of primary amides is 1. The van der Waals surface area contributed by atoms with Crippen LogP contribution >= 0.6 is 0 Å². The first-order valence-electron chi connectivity index (χ1n) is 6.85. The fourth-order valence-electron chi connectivity index (χ4n) is 2.59. The van der Waals surface area contributed by atoms with Crippen molar-refractivity contribution < 1.29 is 4.79 Å². The van der Waals surface area contributed by atoms with E-state index in [1.807, 2.05) is 0 Å². The Morgan fingerprint density at radius 3 is 2.71 bits per heavy atom. The van der Waals surface area contributed by atoms with E-state index in [-0.39, 0.29) is 11.9 Å². The Labute approximate surface area is 105 Å². The number of hydrogen-bond acceptors (Lipinski definition) is 3. The molecule has 0 saturated carbocycles. The average Bonchev–Trinajstić information content (AvgIpc) is 2.35. The number of nitrogens with two attached hydrogens (primary N) is 1. The van der Waals surface area contributed by atoms with Crippen LogP contribution in [0.5, 0.6) is 0 Å². The van der Waals surface area contributed by atoms with Crippen LogP contribution in [-0.4, -0.2) is 42.5 Å². The molecule has 3 atom stereocenters. The number of carbonyl (C=O) groups is 1. The van der Waals surface area contributed by atoms with Gasteiger partial charge in [0.15, 0.2) is 0 Å². The highest BCUT2D eigenvalue weighted by Crippen LogP contribution is 2.20. The summed E-state index contributed by atoms with van der Waals surface area (Å²) >= 11 is 0. The Balaban J connectivity index is 2.66. The fourth-order valence-corrected chi connectivity index (χ4v) is 2.59. The molecule has 0 aliphatic carbocycles. The summed E-state index contributed by atoms with van der Waals surface area (Å²) in [6, 6.07) is 0.363. The molecule has 0 aromatic heterocycles. The monoisotopic (exact) mass is 241 g/mol. The van der Waals surface area contributed by atoms with Gasteiger partial charge in [-0.3, -0.25) is 9.69 Å². The van der Waals surface area contributed by atoms with Crippen molar-refractivity contribution in [3.05, 3.63) is 0 Å². The molecule has 17 heavy (non-hydrogen) atoms. The number of piperazine rings is 1. The lowest BCUT2D eigenvalue weighted by molar-refractivity contribution is -0.125. The van der Waals surface area contributed by atoms with Gasteiger partial charge in [0.2, 0.25) is 5.91 Å². The lowest BCUT2D eigenvalue weighted by Gasteiger charge is -2.40. The molecule has 100 valence electrons. The minimum atomic E-state index is -0.195. The van der Waals surface area contributed by atoms with Gasteiger partial charge < -0.3 is 11.1 Å². The highest BCUT2D eigenvalue weighted by molar-refractivity contribution is 5.80. The first-order chi connectivity index (χ1) is 8.10. The van der Waals surface area contributed by atoms with E-state index in [1.54, 1.807) is 0 Å². The Morgan fingerprint density at radius 2 is 2.18 bits per heavy atom. The molecule has 1 amide bonds. The third kappa shape index (κ3) is 3.96. The summed E-state index contributed by atoms with van der Waals surface area (Å²) in [7, 11) is 0. The van der Waals surface area contributed by atoms with Crippen LogP contribution < -0.4 is 11.1 Å². The summed E-state index contributed by atoms with van der Waals surface area (Å²) in [6.45, 7) is 9.30. The van der Waals surface area contributed by atoms with Crippen LogP contribution in [0.2, 0.25) is 0 Å². The molecule has 0 radical (unpaired) electrons. The lowest BCUT2D eigenvalue weighted by Crippen LogP contribution is -2.60. The van der Waals surface area contributed by atoms with Gasteiger partial charge in [-0.15, -0.1) is 0 Å². The van der Waals surface area contributed by atoms with E-state index in [2.05, 4.69) is 31.0 Å². The SMILES string of the molecule is CCC(C)CC(CC)N1CCNCC1C(N)=O. The molecule has 1 aliphatic heterocycles. The van der Waals surface area contributed by atoms with E-state index in [0.717, 1.165) is 25.9 Å². The normalized spacial score (nSPS) is 25.5. The van der Waals surface area contributed by atoms with Crippen LogP contribution in [-0.2, 0) is 4.79 Å². The molecule has 0 spiro atoms. The van der Waals surface area contributed by atoms with Crippen LogP contribution in [0, 0.1) is 5.92 Å². The molecule has 0 aromatic carbocycles. The van der Waals surface area contributed by atoms with Gasteiger partial charge in [0.25, 0.3) is 0 Å². The predicted molar refractivity (Wildman–Crippen MR) is 70.7 cm³/mol. The maximum absolute atomic E-state index is 11.5. The van der Waals surface area contributed by atoms with E-state index >= 15 is 0 Å². The second-order valence-electron chi connectivity index (χ2n) is 5.17. The number of carbonyl (C=O) groups excluding carboxylic acids is 1. The first kappa shape index (κ1) is 14.5. The standard InChI is InChI=1S/C13H27N3O/c1-4-10(3)8-11(5-2)16-7-6-15-9-12(16)13(14)17/h10-12,15H,4-9H2,1-3H3,(H2,14,17). The zero-order chi connectivity index (χ0) is 12.8. The smallest absolute Gasteiger partial charge is 0.236 e. The van der Waals surface area contributed by atoms with E-state index in [1.165, 1.54) is 6.42 Å². The molecule has 1 saturated heterocycles. The van der Waals surface area contributed by atoms with Gasteiger partial charge in [0.1, 0.15) is 6.04 Å². The minimum absolute atomic E-state index is 0.127. The summed E-state index contributed by atoms with van der Waals surface area (Å²) in [5, 5.41) is 3.25. The Morgan fingerprint density at radius 1 is 1.47 bits per heavy atom. The van der Waals surface area contributed by atoms with E-state index in [9.17, 15) is 4.79 Å². The molecular formula is C13H27N3O. The van der Waals surface area contributed by atoms with Gasteiger partial charge in [0, 0.05) is 25.7 Å². The molecule has 3 unspecified atom stereocenters. The van der Waals surface area contributed by atoms with Crippen molar-refractivity contribution in [2.45, 2.75) is 52.1 Å². The lowest BCUT2D eigenvalue weighted by atomic mass is 9.95. The summed E-state index contributed by atoms with van der Waals surface area (Å²) in [5.41, 5.74) is 5.49. The van der Waals surface area contributed by atoms with Gasteiger partial charge in [-0.1, -0.05) is 27.2 Å². The van der Waals surface area contributed by atoms with E-state index in [0.29, 0.717) is 18.5 Å². The zero-order valence-corrected chi connectivity index (χ0v) is 11.4. The third-order valence-electron chi connectivity index (χ3n) is 3.92. The Bertz CT molecular complexity index is 245. The molecule has 1 heterocycles. The number of rotatable bonds is 6. The fraction of sp³-hybridized carbons (Fsp3) is 0.923. The quantitative estimate of drug-likeness (QED) is 0.728. The molecule has 3 N–H and O–H groups in total.